The maximum atomic E-state index is 11.8. The zero-order valence-electron chi connectivity index (χ0n) is 11.7. The first-order valence-electron chi connectivity index (χ1n) is 7.15. The number of carbonyl (C=O) groups excluding carboxylic acids is 1. The van der Waals surface area contributed by atoms with E-state index in [1.807, 2.05) is 0 Å². The average Bonchev–Trinajstić information content (AvgIpc) is 2.79. The number of rotatable bonds is 6. The molecule has 5 nitrogen and oxygen atoms in total. The van der Waals surface area contributed by atoms with Crippen molar-refractivity contribution in [3.8, 4) is 0 Å². The second-order valence-corrected chi connectivity index (χ2v) is 5.34. The first kappa shape index (κ1) is 14.5. The third kappa shape index (κ3) is 3.56. The van der Waals surface area contributed by atoms with Crippen molar-refractivity contribution in [1.29, 1.82) is 0 Å². The van der Waals surface area contributed by atoms with E-state index in [0.29, 0.717) is 12.8 Å². The van der Waals surface area contributed by atoms with E-state index >= 15 is 0 Å². The summed E-state index contributed by atoms with van der Waals surface area (Å²) in [5.74, 6) is 0.0887. The van der Waals surface area contributed by atoms with Gasteiger partial charge in [0.15, 0.2) is 0 Å². The maximum absolute atomic E-state index is 11.8. The van der Waals surface area contributed by atoms with Crippen molar-refractivity contribution in [2.24, 2.45) is 0 Å². The van der Waals surface area contributed by atoms with Crippen LogP contribution < -0.4 is 5.32 Å². The molecule has 1 amide bonds. The van der Waals surface area contributed by atoms with Gasteiger partial charge in [0.1, 0.15) is 0 Å². The first-order chi connectivity index (χ1) is 9.60. The number of benzene rings is 1. The zero-order chi connectivity index (χ0) is 14.5. The van der Waals surface area contributed by atoms with Crippen molar-refractivity contribution < 1.29 is 9.72 Å². The molecule has 1 aromatic rings. The number of amides is 1. The number of hydrogen-bond acceptors (Lipinski definition) is 3. The normalized spacial score (nSPS) is 16.8. The van der Waals surface area contributed by atoms with Gasteiger partial charge in [0.2, 0.25) is 5.91 Å². The van der Waals surface area contributed by atoms with Gasteiger partial charge >= 0.3 is 0 Å². The van der Waals surface area contributed by atoms with Crippen LogP contribution >= 0.6 is 0 Å². The molecule has 0 heterocycles. The van der Waals surface area contributed by atoms with Gasteiger partial charge in [0.05, 0.1) is 4.92 Å². The summed E-state index contributed by atoms with van der Waals surface area (Å²) in [6, 6.07) is 5.04. The van der Waals surface area contributed by atoms with Crippen LogP contribution in [0.25, 0.3) is 0 Å². The third-order valence-electron chi connectivity index (χ3n) is 3.71. The van der Waals surface area contributed by atoms with Crippen LogP contribution in [0.1, 0.15) is 43.7 Å². The summed E-state index contributed by atoms with van der Waals surface area (Å²) >= 11 is 0. The minimum atomic E-state index is -0.378. The Bertz CT molecular complexity index is 514. The third-order valence-corrected chi connectivity index (χ3v) is 3.71. The van der Waals surface area contributed by atoms with Crippen molar-refractivity contribution in [3.05, 3.63) is 39.4 Å². The fourth-order valence-electron chi connectivity index (χ4n) is 2.66. The van der Waals surface area contributed by atoms with Crippen molar-refractivity contribution in [2.45, 2.75) is 51.5 Å². The zero-order valence-corrected chi connectivity index (χ0v) is 11.7. The first-order valence-corrected chi connectivity index (χ1v) is 7.15. The number of nitrogens with zero attached hydrogens (tertiary/aromatic N) is 1. The Morgan fingerprint density at radius 2 is 2.10 bits per heavy atom. The van der Waals surface area contributed by atoms with E-state index in [2.05, 4.69) is 12.2 Å². The fraction of sp³-hybridized carbons (Fsp3) is 0.533. The van der Waals surface area contributed by atoms with Gasteiger partial charge in [0.25, 0.3) is 5.69 Å². The highest BCUT2D eigenvalue weighted by Crippen LogP contribution is 2.26. The van der Waals surface area contributed by atoms with Crippen LogP contribution in [0.3, 0.4) is 0 Å². The van der Waals surface area contributed by atoms with Gasteiger partial charge in [-0.1, -0.05) is 25.8 Å². The topological polar surface area (TPSA) is 72.2 Å². The van der Waals surface area contributed by atoms with Gasteiger partial charge in [-0.15, -0.1) is 0 Å². The van der Waals surface area contributed by atoms with E-state index in [9.17, 15) is 14.9 Å². The molecule has 1 N–H and O–H groups in total. The molecule has 0 saturated heterocycles. The number of nitro benzene ring substituents is 1. The summed E-state index contributed by atoms with van der Waals surface area (Å²) in [4.78, 5) is 22.1. The summed E-state index contributed by atoms with van der Waals surface area (Å²) in [6.07, 6.45) is 5.13. The van der Waals surface area contributed by atoms with Crippen molar-refractivity contribution in [1.82, 2.24) is 5.32 Å². The molecule has 0 aromatic heterocycles. The second kappa shape index (κ2) is 6.50. The predicted molar refractivity (Wildman–Crippen MR) is 76.6 cm³/mol. The van der Waals surface area contributed by atoms with Crippen LogP contribution in [0.15, 0.2) is 18.2 Å². The highest BCUT2D eigenvalue weighted by molar-refractivity contribution is 5.76. The number of nitrogens with one attached hydrogen (secondary N) is 1. The van der Waals surface area contributed by atoms with Gasteiger partial charge in [-0.3, -0.25) is 14.9 Å². The maximum Gasteiger partial charge on any atom is 0.269 e. The molecule has 0 saturated carbocycles. The Hall–Kier alpha value is -1.91. The second-order valence-electron chi connectivity index (χ2n) is 5.34. The highest BCUT2D eigenvalue weighted by atomic mass is 16.6. The Kier molecular flexibility index (Phi) is 4.71. The molecular weight excluding hydrogens is 256 g/mol. The molecule has 1 aliphatic carbocycles. The van der Waals surface area contributed by atoms with E-state index in [0.717, 1.165) is 36.8 Å². The molecule has 1 atom stereocenters. The number of hydrogen-bond donors (Lipinski definition) is 1. The van der Waals surface area contributed by atoms with Gasteiger partial charge in [-0.2, -0.15) is 0 Å². The van der Waals surface area contributed by atoms with Gasteiger partial charge in [-0.05, 0) is 30.4 Å². The molecule has 0 radical (unpaired) electrons. The van der Waals surface area contributed by atoms with Gasteiger partial charge < -0.3 is 5.32 Å². The summed E-state index contributed by atoms with van der Waals surface area (Å²) < 4.78 is 0. The molecule has 0 fully saturated rings. The SMILES string of the molecule is CCCCCC(=O)NC1Cc2ccc([N+](=O)[O-])cc2C1. The van der Waals surface area contributed by atoms with E-state index in [1.54, 1.807) is 12.1 Å². The quantitative estimate of drug-likeness (QED) is 0.493. The molecule has 0 bridgehead atoms. The summed E-state index contributed by atoms with van der Waals surface area (Å²) in [5.41, 5.74) is 2.21. The lowest BCUT2D eigenvalue weighted by molar-refractivity contribution is -0.384. The Balaban J connectivity index is 1.89. The van der Waals surface area contributed by atoms with Gasteiger partial charge in [-0.25, -0.2) is 0 Å². The van der Waals surface area contributed by atoms with Crippen LogP contribution in [0.2, 0.25) is 0 Å². The molecule has 1 aromatic carbocycles. The Morgan fingerprint density at radius 1 is 1.35 bits per heavy atom. The molecule has 20 heavy (non-hydrogen) atoms. The number of fused-ring (bicyclic) bond motifs is 1. The monoisotopic (exact) mass is 276 g/mol. The standard InChI is InChI=1S/C15H20N2O3/c1-2-3-4-5-15(18)16-13-8-11-6-7-14(17(19)20)10-12(11)9-13/h6-7,10,13H,2-5,8-9H2,1H3,(H,16,18). The largest absolute Gasteiger partial charge is 0.353 e. The molecule has 2 rings (SSSR count). The molecule has 1 aliphatic rings. The fourth-order valence-corrected chi connectivity index (χ4v) is 2.66. The van der Waals surface area contributed by atoms with E-state index in [4.69, 9.17) is 0 Å². The smallest absolute Gasteiger partial charge is 0.269 e. The minimum absolute atomic E-state index is 0.0844. The molecular formula is C15H20N2O3. The van der Waals surface area contributed by atoms with Crippen LogP contribution in [0.4, 0.5) is 5.69 Å². The number of non-ortho nitro benzene ring substituents is 1. The highest BCUT2D eigenvalue weighted by Gasteiger charge is 2.24. The molecule has 108 valence electrons. The lowest BCUT2D eigenvalue weighted by Crippen LogP contribution is -2.35. The van der Waals surface area contributed by atoms with Crippen LogP contribution in [-0.4, -0.2) is 16.9 Å². The van der Waals surface area contributed by atoms with E-state index < -0.39 is 0 Å². The lowest BCUT2D eigenvalue weighted by Gasteiger charge is -2.11. The van der Waals surface area contributed by atoms with Crippen LogP contribution in [0.5, 0.6) is 0 Å². The van der Waals surface area contributed by atoms with E-state index in [-0.39, 0.29) is 22.6 Å². The van der Waals surface area contributed by atoms with Crippen LogP contribution in [-0.2, 0) is 17.6 Å². The number of unbranched alkanes of at least 4 members (excludes halogenated alkanes) is 2. The molecule has 0 aliphatic heterocycles. The summed E-state index contributed by atoms with van der Waals surface area (Å²) in [7, 11) is 0. The average molecular weight is 276 g/mol. The van der Waals surface area contributed by atoms with Crippen molar-refractivity contribution >= 4 is 11.6 Å². The van der Waals surface area contributed by atoms with Crippen molar-refractivity contribution in [2.75, 3.05) is 0 Å². The predicted octanol–water partition coefficient (Wildman–Crippen LogP) is 2.76. The summed E-state index contributed by atoms with van der Waals surface area (Å²) in [6.45, 7) is 2.11. The Morgan fingerprint density at radius 3 is 2.80 bits per heavy atom. The molecule has 5 heteroatoms. The van der Waals surface area contributed by atoms with Crippen molar-refractivity contribution in [3.63, 3.8) is 0 Å². The Labute approximate surface area is 118 Å². The van der Waals surface area contributed by atoms with Gasteiger partial charge in [0, 0.05) is 24.6 Å². The number of nitro groups is 1. The number of carbonyl (C=O) groups is 1. The molecule has 0 spiro atoms. The lowest BCUT2D eigenvalue weighted by atomic mass is 10.1. The minimum Gasteiger partial charge on any atom is -0.353 e. The van der Waals surface area contributed by atoms with E-state index in [1.165, 1.54) is 6.07 Å². The summed E-state index contributed by atoms with van der Waals surface area (Å²) in [5, 5.41) is 13.8. The van der Waals surface area contributed by atoms with Crippen LogP contribution in [0, 0.1) is 10.1 Å². The molecule has 1 unspecified atom stereocenters.